The Kier molecular flexibility index (Phi) is 7.71. The van der Waals surface area contributed by atoms with Crippen LogP contribution in [0.3, 0.4) is 0 Å². The van der Waals surface area contributed by atoms with Gasteiger partial charge in [-0.3, -0.25) is 9.69 Å². The summed E-state index contributed by atoms with van der Waals surface area (Å²) < 4.78 is 1.80. The molecular weight excluding hydrogens is 383 g/mol. The van der Waals surface area contributed by atoms with E-state index in [1.54, 1.807) is 16.8 Å². The SMILES string of the molecule is CCN(CCNC(=O)Cc1c(C)nn(-c2ccc(Cl)c(Cl)c2)c1C)C(C)C. The quantitative estimate of drug-likeness (QED) is 0.709. The number of likely N-dealkylation sites (N-methyl/N-ethyl adjacent to an activating group) is 1. The second-order valence-electron chi connectivity index (χ2n) is 6.91. The number of nitrogens with zero attached hydrogens (tertiary/aromatic N) is 3. The number of carbonyl (C=O) groups excluding carboxylic acids is 1. The normalized spacial score (nSPS) is 11.4. The molecule has 0 aliphatic heterocycles. The Bertz CT molecular complexity index is 802. The molecule has 7 heteroatoms. The summed E-state index contributed by atoms with van der Waals surface area (Å²) in [6.45, 7) is 12.8. The van der Waals surface area contributed by atoms with Gasteiger partial charge in [0.15, 0.2) is 0 Å². The van der Waals surface area contributed by atoms with Gasteiger partial charge in [0.05, 0.1) is 27.8 Å². The smallest absolute Gasteiger partial charge is 0.224 e. The molecule has 0 aliphatic carbocycles. The van der Waals surface area contributed by atoms with Crippen LogP contribution in [0.4, 0.5) is 0 Å². The summed E-state index contributed by atoms with van der Waals surface area (Å²) >= 11 is 12.1. The maximum Gasteiger partial charge on any atom is 0.224 e. The van der Waals surface area contributed by atoms with E-state index in [0.29, 0.717) is 29.1 Å². The van der Waals surface area contributed by atoms with E-state index in [2.05, 4.69) is 36.1 Å². The van der Waals surface area contributed by atoms with Crippen LogP contribution in [0, 0.1) is 13.8 Å². The second-order valence-corrected chi connectivity index (χ2v) is 7.72. The molecule has 0 unspecified atom stereocenters. The molecule has 0 saturated heterocycles. The van der Waals surface area contributed by atoms with Crippen LogP contribution in [0.2, 0.25) is 10.0 Å². The first-order valence-electron chi connectivity index (χ1n) is 9.25. The van der Waals surface area contributed by atoms with E-state index in [4.69, 9.17) is 23.2 Å². The molecule has 0 aliphatic rings. The van der Waals surface area contributed by atoms with Crippen molar-refractivity contribution in [2.75, 3.05) is 19.6 Å². The average molecular weight is 411 g/mol. The minimum atomic E-state index is 0.00898. The first kappa shape index (κ1) is 21.7. The molecule has 1 aromatic carbocycles. The largest absolute Gasteiger partial charge is 0.355 e. The fourth-order valence-electron chi connectivity index (χ4n) is 3.14. The number of aromatic nitrogens is 2. The molecule has 0 atom stereocenters. The van der Waals surface area contributed by atoms with E-state index >= 15 is 0 Å². The molecule has 27 heavy (non-hydrogen) atoms. The van der Waals surface area contributed by atoms with Crippen LogP contribution in [-0.4, -0.2) is 46.3 Å². The third kappa shape index (κ3) is 5.47. The number of halogens is 2. The van der Waals surface area contributed by atoms with Gasteiger partial charge in [0.2, 0.25) is 5.91 Å². The van der Waals surface area contributed by atoms with E-state index in [-0.39, 0.29) is 5.91 Å². The number of hydrogen-bond acceptors (Lipinski definition) is 3. The fraction of sp³-hybridized carbons (Fsp3) is 0.500. The van der Waals surface area contributed by atoms with E-state index in [0.717, 1.165) is 35.7 Å². The number of benzene rings is 1. The zero-order chi connectivity index (χ0) is 20.1. The highest BCUT2D eigenvalue weighted by atomic mass is 35.5. The second kappa shape index (κ2) is 9.58. The summed E-state index contributed by atoms with van der Waals surface area (Å²) in [6, 6.07) is 5.86. The Hall–Kier alpha value is -1.56. The summed E-state index contributed by atoms with van der Waals surface area (Å²) in [4.78, 5) is 14.7. The molecule has 1 heterocycles. The fourth-order valence-corrected chi connectivity index (χ4v) is 3.43. The number of aryl methyl sites for hydroxylation is 1. The lowest BCUT2D eigenvalue weighted by Crippen LogP contribution is -2.38. The molecule has 0 bridgehead atoms. The molecule has 0 spiro atoms. The zero-order valence-corrected chi connectivity index (χ0v) is 18.2. The van der Waals surface area contributed by atoms with E-state index in [9.17, 15) is 4.79 Å². The molecule has 0 radical (unpaired) electrons. The van der Waals surface area contributed by atoms with Gasteiger partial charge in [-0.1, -0.05) is 30.1 Å². The molecule has 0 saturated carbocycles. The van der Waals surface area contributed by atoms with Crippen LogP contribution in [0.5, 0.6) is 0 Å². The van der Waals surface area contributed by atoms with Crippen molar-refractivity contribution < 1.29 is 4.79 Å². The van der Waals surface area contributed by atoms with Crippen molar-refractivity contribution in [3.05, 3.63) is 45.2 Å². The Balaban J connectivity index is 2.06. The Morgan fingerprint density at radius 3 is 2.56 bits per heavy atom. The minimum Gasteiger partial charge on any atom is -0.355 e. The maximum atomic E-state index is 12.4. The van der Waals surface area contributed by atoms with Gasteiger partial charge in [0.25, 0.3) is 0 Å². The van der Waals surface area contributed by atoms with Crippen LogP contribution in [0.15, 0.2) is 18.2 Å². The van der Waals surface area contributed by atoms with Crippen molar-refractivity contribution >= 4 is 29.1 Å². The lowest BCUT2D eigenvalue weighted by Gasteiger charge is -2.24. The van der Waals surface area contributed by atoms with Gasteiger partial charge in [0, 0.05) is 30.4 Å². The Morgan fingerprint density at radius 1 is 1.26 bits per heavy atom. The third-order valence-corrected chi connectivity index (χ3v) is 5.52. The standard InChI is InChI=1S/C20H28Cl2N4O/c1-6-25(13(2)3)10-9-23-20(27)12-17-14(4)24-26(15(17)5)16-7-8-18(21)19(22)11-16/h7-8,11,13H,6,9-10,12H2,1-5H3,(H,23,27). The lowest BCUT2D eigenvalue weighted by molar-refractivity contribution is -0.120. The molecule has 2 rings (SSSR count). The van der Waals surface area contributed by atoms with Crippen LogP contribution >= 0.6 is 23.2 Å². The highest BCUT2D eigenvalue weighted by Crippen LogP contribution is 2.26. The first-order chi connectivity index (χ1) is 12.7. The van der Waals surface area contributed by atoms with Crippen LogP contribution in [0.25, 0.3) is 5.69 Å². The van der Waals surface area contributed by atoms with E-state index in [1.165, 1.54) is 0 Å². The highest BCUT2D eigenvalue weighted by Gasteiger charge is 2.16. The molecule has 148 valence electrons. The third-order valence-electron chi connectivity index (χ3n) is 4.78. The highest BCUT2D eigenvalue weighted by molar-refractivity contribution is 6.42. The molecule has 1 N–H and O–H groups in total. The average Bonchev–Trinajstić information content (AvgIpc) is 2.89. The molecule has 0 fully saturated rings. The van der Waals surface area contributed by atoms with Gasteiger partial charge in [-0.15, -0.1) is 0 Å². The maximum absolute atomic E-state index is 12.4. The van der Waals surface area contributed by atoms with Crippen LogP contribution in [0.1, 0.15) is 37.7 Å². The summed E-state index contributed by atoms with van der Waals surface area (Å²) in [5.74, 6) is 0.00898. The molecular formula is C20H28Cl2N4O. The van der Waals surface area contributed by atoms with Gasteiger partial charge >= 0.3 is 0 Å². The van der Waals surface area contributed by atoms with Gasteiger partial charge < -0.3 is 5.32 Å². The Morgan fingerprint density at radius 2 is 1.96 bits per heavy atom. The first-order valence-corrected chi connectivity index (χ1v) is 10.0. The molecule has 1 amide bonds. The van der Waals surface area contributed by atoms with Gasteiger partial charge in [0.1, 0.15) is 0 Å². The summed E-state index contributed by atoms with van der Waals surface area (Å²) in [5, 5.41) is 8.57. The predicted octanol–water partition coefficient (Wildman–Crippen LogP) is 4.18. The summed E-state index contributed by atoms with van der Waals surface area (Å²) in [6.07, 6.45) is 0.312. The van der Waals surface area contributed by atoms with Crippen molar-refractivity contribution in [3.8, 4) is 5.69 Å². The van der Waals surface area contributed by atoms with Crippen molar-refractivity contribution in [2.24, 2.45) is 0 Å². The number of amides is 1. The number of carbonyl (C=O) groups is 1. The Labute approximate surface area is 171 Å². The minimum absolute atomic E-state index is 0.00898. The summed E-state index contributed by atoms with van der Waals surface area (Å²) in [5.41, 5.74) is 3.53. The number of rotatable bonds is 8. The molecule has 1 aromatic heterocycles. The predicted molar refractivity (Wildman–Crippen MR) is 112 cm³/mol. The van der Waals surface area contributed by atoms with Crippen molar-refractivity contribution in [1.82, 2.24) is 20.0 Å². The monoisotopic (exact) mass is 410 g/mol. The summed E-state index contributed by atoms with van der Waals surface area (Å²) in [7, 11) is 0. The molecule has 5 nitrogen and oxygen atoms in total. The van der Waals surface area contributed by atoms with Crippen molar-refractivity contribution in [1.29, 1.82) is 0 Å². The van der Waals surface area contributed by atoms with E-state index < -0.39 is 0 Å². The van der Waals surface area contributed by atoms with Gasteiger partial charge in [-0.05, 0) is 52.4 Å². The topological polar surface area (TPSA) is 50.2 Å². The number of nitrogens with one attached hydrogen (secondary N) is 1. The number of hydrogen-bond donors (Lipinski definition) is 1. The van der Waals surface area contributed by atoms with Crippen molar-refractivity contribution in [3.63, 3.8) is 0 Å². The van der Waals surface area contributed by atoms with E-state index in [1.807, 2.05) is 19.9 Å². The van der Waals surface area contributed by atoms with Gasteiger partial charge in [-0.2, -0.15) is 5.10 Å². The van der Waals surface area contributed by atoms with Crippen LogP contribution in [-0.2, 0) is 11.2 Å². The van der Waals surface area contributed by atoms with Crippen molar-refractivity contribution in [2.45, 2.75) is 47.1 Å². The zero-order valence-electron chi connectivity index (χ0n) is 16.6. The van der Waals surface area contributed by atoms with Gasteiger partial charge in [-0.25, -0.2) is 4.68 Å². The molecule has 2 aromatic rings. The van der Waals surface area contributed by atoms with Crippen LogP contribution < -0.4 is 5.32 Å². The lowest BCUT2D eigenvalue weighted by atomic mass is 10.1.